The summed E-state index contributed by atoms with van der Waals surface area (Å²) in [5, 5.41) is 0. The van der Waals surface area contributed by atoms with Gasteiger partial charge in [-0.1, -0.05) is 18.2 Å². The Kier molecular flexibility index (Phi) is 2.59. The summed E-state index contributed by atoms with van der Waals surface area (Å²) in [5.41, 5.74) is 14.4. The number of amides is 1. The van der Waals surface area contributed by atoms with E-state index in [0.29, 0.717) is 11.5 Å². The van der Waals surface area contributed by atoms with E-state index in [-0.39, 0.29) is 5.69 Å². The maximum Gasteiger partial charge on any atom is 0.267 e. The minimum Gasteiger partial charge on any atom is -0.396 e. The quantitative estimate of drug-likeness (QED) is 0.849. The number of para-hydroxylation sites is 1. The van der Waals surface area contributed by atoms with Crippen LogP contribution >= 0.6 is 0 Å². The first-order valence-electron chi connectivity index (χ1n) is 6.08. The highest BCUT2D eigenvalue weighted by atomic mass is 16.1. The molecule has 0 bridgehead atoms. The monoisotopic (exact) mass is 254 g/mol. The van der Waals surface area contributed by atoms with Crippen LogP contribution < -0.4 is 16.4 Å². The van der Waals surface area contributed by atoms with Crippen molar-refractivity contribution in [2.24, 2.45) is 5.73 Å². The number of fused-ring (bicyclic) bond motifs is 1. The van der Waals surface area contributed by atoms with Crippen LogP contribution in [0.15, 0.2) is 36.4 Å². The molecule has 4 N–H and O–H groups in total. The molecule has 5 heteroatoms. The van der Waals surface area contributed by atoms with Crippen LogP contribution in [-0.4, -0.2) is 17.4 Å². The topological polar surface area (TPSA) is 85.2 Å². The van der Waals surface area contributed by atoms with Crippen LogP contribution in [0.1, 0.15) is 16.1 Å². The summed E-state index contributed by atoms with van der Waals surface area (Å²) in [4.78, 5) is 17.5. The van der Waals surface area contributed by atoms with E-state index in [4.69, 9.17) is 11.5 Å². The van der Waals surface area contributed by atoms with Gasteiger partial charge < -0.3 is 16.4 Å². The fraction of sp³-hybridized carbons (Fsp3) is 0.143. The van der Waals surface area contributed by atoms with Gasteiger partial charge in [0.15, 0.2) is 5.82 Å². The Hall–Kier alpha value is -2.56. The van der Waals surface area contributed by atoms with E-state index < -0.39 is 5.91 Å². The second-order valence-corrected chi connectivity index (χ2v) is 4.50. The van der Waals surface area contributed by atoms with Gasteiger partial charge in [-0.3, -0.25) is 4.79 Å². The van der Waals surface area contributed by atoms with Gasteiger partial charge in [0.1, 0.15) is 5.69 Å². The molecule has 0 aliphatic carbocycles. The molecular weight excluding hydrogens is 240 g/mol. The number of rotatable bonds is 2. The van der Waals surface area contributed by atoms with E-state index in [1.807, 2.05) is 23.1 Å². The number of nitrogens with two attached hydrogens (primary N) is 2. The Morgan fingerprint density at radius 3 is 2.79 bits per heavy atom. The molecule has 1 aliphatic heterocycles. The van der Waals surface area contributed by atoms with Gasteiger partial charge in [-0.25, -0.2) is 4.98 Å². The third-order valence-corrected chi connectivity index (χ3v) is 3.30. The molecule has 0 spiro atoms. The van der Waals surface area contributed by atoms with Crippen LogP contribution in [0.5, 0.6) is 0 Å². The second kappa shape index (κ2) is 4.28. The number of primary amides is 1. The predicted molar refractivity (Wildman–Crippen MR) is 74.3 cm³/mol. The average Bonchev–Trinajstić information content (AvgIpc) is 2.83. The minimum atomic E-state index is -0.547. The van der Waals surface area contributed by atoms with Gasteiger partial charge >= 0.3 is 0 Å². The van der Waals surface area contributed by atoms with Crippen molar-refractivity contribution in [1.82, 2.24) is 4.98 Å². The van der Waals surface area contributed by atoms with Gasteiger partial charge in [0, 0.05) is 12.2 Å². The lowest BCUT2D eigenvalue weighted by atomic mass is 10.2. The number of hydrogen-bond acceptors (Lipinski definition) is 4. The molecule has 0 fully saturated rings. The van der Waals surface area contributed by atoms with Crippen LogP contribution in [-0.2, 0) is 6.42 Å². The van der Waals surface area contributed by atoms with Crippen LogP contribution in [0.2, 0.25) is 0 Å². The molecule has 0 saturated carbocycles. The average molecular weight is 254 g/mol. The van der Waals surface area contributed by atoms with E-state index in [0.717, 1.165) is 18.7 Å². The Labute approximate surface area is 110 Å². The number of nitrogen functional groups attached to an aromatic ring is 1. The number of anilines is 3. The minimum absolute atomic E-state index is 0.230. The Morgan fingerprint density at radius 2 is 2.00 bits per heavy atom. The van der Waals surface area contributed by atoms with Gasteiger partial charge in [-0.05, 0) is 30.2 Å². The van der Waals surface area contributed by atoms with E-state index in [2.05, 4.69) is 11.1 Å². The summed E-state index contributed by atoms with van der Waals surface area (Å²) in [6.07, 6.45) is 0.943. The lowest BCUT2D eigenvalue weighted by Crippen LogP contribution is -2.20. The molecule has 1 amide bonds. The molecule has 2 heterocycles. The first kappa shape index (κ1) is 11.5. The zero-order chi connectivity index (χ0) is 13.4. The smallest absolute Gasteiger partial charge is 0.267 e. The third kappa shape index (κ3) is 1.89. The highest BCUT2D eigenvalue weighted by Crippen LogP contribution is 2.35. The second-order valence-electron chi connectivity index (χ2n) is 4.50. The van der Waals surface area contributed by atoms with Gasteiger partial charge in [-0.15, -0.1) is 0 Å². The van der Waals surface area contributed by atoms with E-state index in [1.165, 1.54) is 5.56 Å². The molecule has 3 rings (SSSR count). The van der Waals surface area contributed by atoms with Crippen LogP contribution in [0.3, 0.4) is 0 Å². The lowest BCUT2D eigenvalue weighted by molar-refractivity contribution is 0.0995. The highest BCUT2D eigenvalue weighted by Gasteiger charge is 2.23. The molecule has 2 aromatic rings. The van der Waals surface area contributed by atoms with Gasteiger partial charge in [0.2, 0.25) is 0 Å². The lowest BCUT2D eigenvalue weighted by Gasteiger charge is -2.20. The van der Waals surface area contributed by atoms with Gasteiger partial charge in [-0.2, -0.15) is 0 Å². The molecule has 0 unspecified atom stereocenters. The van der Waals surface area contributed by atoms with Crippen LogP contribution in [0.25, 0.3) is 0 Å². The van der Waals surface area contributed by atoms with Crippen molar-refractivity contribution in [3.63, 3.8) is 0 Å². The zero-order valence-corrected chi connectivity index (χ0v) is 10.3. The molecule has 0 radical (unpaired) electrons. The fourth-order valence-corrected chi connectivity index (χ4v) is 2.37. The first-order chi connectivity index (χ1) is 9.16. The molecule has 96 valence electrons. The number of pyridine rings is 1. The molecule has 0 saturated heterocycles. The van der Waals surface area contributed by atoms with Crippen molar-refractivity contribution in [3.05, 3.63) is 47.7 Å². The third-order valence-electron chi connectivity index (χ3n) is 3.30. The van der Waals surface area contributed by atoms with E-state index >= 15 is 0 Å². The largest absolute Gasteiger partial charge is 0.396 e. The standard InChI is InChI=1S/C14H14N4O/c15-10-5-6-11(13(16)19)17-14(10)18-8-7-9-3-1-2-4-12(9)18/h1-6H,7-8,15H2,(H2,16,19). The Balaban J connectivity index is 2.09. The van der Waals surface area contributed by atoms with Crippen molar-refractivity contribution in [3.8, 4) is 0 Å². The molecule has 0 atom stereocenters. The number of benzene rings is 1. The first-order valence-corrected chi connectivity index (χ1v) is 6.08. The number of aromatic nitrogens is 1. The molecule has 5 nitrogen and oxygen atoms in total. The van der Waals surface area contributed by atoms with Crippen molar-refractivity contribution >= 4 is 23.1 Å². The van der Waals surface area contributed by atoms with Crippen molar-refractivity contribution in [1.29, 1.82) is 0 Å². The summed E-state index contributed by atoms with van der Waals surface area (Å²) in [6, 6.07) is 11.3. The van der Waals surface area contributed by atoms with Crippen molar-refractivity contribution in [2.45, 2.75) is 6.42 Å². The fourth-order valence-electron chi connectivity index (χ4n) is 2.37. The number of carbonyl (C=O) groups excluding carboxylic acids is 1. The summed E-state index contributed by atoms with van der Waals surface area (Å²) >= 11 is 0. The maximum absolute atomic E-state index is 11.2. The van der Waals surface area contributed by atoms with E-state index in [1.54, 1.807) is 12.1 Å². The molecule has 1 aliphatic rings. The summed E-state index contributed by atoms with van der Waals surface area (Å²) < 4.78 is 0. The zero-order valence-electron chi connectivity index (χ0n) is 10.3. The predicted octanol–water partition coefficient (Wildman–Crippen LogP) is 1.46. The van der Waals surface area contributed by atoms with Crippen molar-refractivity contribution in [2.75, 3.05) is 17.2 Å². The molecule has 19 heavy (non-hydrogen) atoms. The molecular formula is C14H14N4O. The molecule has 1 aromatic heterocycles. The van der Waals surface area contributed by atoms with Gasteiger partial charge in [0.25, 0.3) is 5.91 Å². The highest BCUT2D eigenvalue weighted by molar-refractivity contribution is 5.92. The summed E-state index contributed by atoms with van der Waals surface area (Å²) in [5.74, 6) is 0.0509. The van der Waals surface area contributed by atoms with Crippen LogP contribution in [0.4, 0.5) is 17.2 Å². The van der Waals surface area contributed by atoms with E-state index in [9.17, 15) is 4.79 Å². The Bertz CT molecular complexity index is 654. The van der Waals surface area contributed by atoms with Gasteiger partial charge in [0.05, 0.1) is 5.69 Å². The summed E-state index contributed by atoms with van der Waals surface area (Å²) in [7, 11) is 0. The number of hydrogen-bond donors (Lipinski definition) is 2. The van der Waals surface area contributed by atoms with Crippen molar-refractivity contribution < 1.29 is 4.79 Å². The maximum atomic E-state index is 11.2. The number of nitrogens with zero attached hydrogens (tertiary/aromatic N) is 2. The summed E-state index contributed by atoms with van der Waals surface area (Å²) in [6.45, 7) is 0.804. The van der Waals surface area contributed by atoms with Crippen LogP contribution in [0, 0.1) is 0 Å². The Morgan fingerprint density at radius 1 is 1.21 bits per heavy atom. The number of carbonyl (C=O) groups is 1. The normalized spacial score (nSPS) is 13.4. The SMILES string of the molecule is NC(=O)c1ccc(N)c(N2CCc3ccccc32)n1. The molecule has 1 aromatic carbocycles.